The normalized spacial score (nSPS) is 13.9. The first-order valence-electron chi connectivity index (χ1n) is 9.03. The zero-order chi connectivity index (χ0) is 19.5. The number of carbonyl (C=O) groups excluding carboxylic acids is 1. The topological polar surface area (TPSA) is 44.8 Å². The number of hydrogen-bond acceptors (Lipinski definition) is 4. The summed E-state index contributed by atoms with van der Waals surface area (Å²) in [4.78, 5) is 12.6. The van der Waals surface area contributed by atoms with Crippen LogP contribution in [0.2, 0.25) is 0 Å². The van der Waals surface area contributed by atoms with Crippen LogP contribution in [0.3, 0.4) is 0 Å². The van der Waals surface area contributed by atoms with E-state index in [2.05, 4.69) is 19.1 Å². The van der Waals surface area contributed by atoms with Gasteiger partial charge in [-0.3, -0.25) is 4.79 Å². The van der Waals surface area contributed by atoms with Gasteiger partial charge >= 0.3 is 0 Å². The van der Waals surface area contributed by atoms with Gasteiger partial charge in [0.2, 0.25) is 5.78 Å². The number of rotatable bonds is 5. The smallest absolute Gasteiger partial charge is 0.231 e. The third-order valence-electron chi connectivity index (χ3n) is 4.54. The van der Waals surface area contributed by atoms with Gasteiger partial charge in [-0.05, 0) is 48.4 Å². The van der Waals surface area contributed by atoms with E-state index in [4.69, 9.17) is 14.2 Å². The van der Waals surface area contributed by atoms with Crippen LogP contribution in [0.5, 0.6) is 17.2 Å². The van der Waals surface area contributed by atoms with Crippen molar-refractivity contribution in [1.29, 1.82) is 0 Å². The SMILES string of the molecule is COc1ccc(/C=C2\Oc3cc(OCc4cccc(C)c4)ccc3C2=O)cc1. The highest BCUT2D eigenvalue weighted by Gasteiger charge is 2.27. The van der Waals surface area contributed by atoms with Crippen LogP contribution in [0.25, 0.3) is 6.08 Å². The van der Waals surface area contributed by atoms with Gasteiger partial charge in [-0.1, -0.05) is 42.0 Å². The number of aryl methyl sites for hydroxylation is 1. The predicted octanol–water partition coefficient (Wildman–Crippen LogP) is 5.20. The molecule has 0 saturated heterocycles. The zero-order valence-electron chi connectivity index (χ0n) is 15.8. The number of allylic oxidation sites excluding steroid dienone is 1. The Kier molecular flexibility index (Phi) is 4.85. The Bertz CT molecular complexity index is 1050. The molecule has 0 bridgehead atoms. The second kappa shape index (κ2) is 7.61. The van der Waals surface area contributed by atoms with Gasteiger partial charge < -0.3 is 14.2 Å². The van der Waals surface area contributed by atoms with Crippen molar-refractivity contribution >= 4 is 11.9 Å². The lowest BCUT2D eigenvalue weighted by atomic mass is 10.1. The van der Waals surface area contributed by atoms with Crippen molar-refractivity contribution in [1.82, 2.24) is 0 Å². The van der Waals surface area contributed by atoms with Gasteiger partial charge in [0.1, 0.15) is 23.9 Å². The minimum atomic E-state index is -0.129. The molecule has 1 heterocycles. The van der Waals surface area contributed by atoms with Crippen molar-refractivity contribution in [2.45, 2.75) is 13.5 Å². The summed E-state index contributed by atoms with van der Waals surface area (Å²) < 4.78 is 16.8. The maximum absolute atomic E-state index is 12.6. The molecule has 0 radical (unpaired) electrons. The molecule has 1 aliphatic heterocycles. The minimum Gasteiger partial charge on any atom is -0.497 e. The van der Waals surface area contributed by atoms with E-state index < -0.39 is 0 Å². The summed E-state index contributed by atoms with van der Waals surface area (Å²) in [6.07, 6.45) is 1.73. The van der Waals surface area contributed by atoms with Gasteiger partial charge in [-0.25, -0.2) is 0 Å². The summed E-state index contributed by atoms with van der Waals surface area (Å²) in [5.74, 6) is 2.12. The summed E-state index contributed by atoms with van der Waals surface area (Å²) in [6, 6.07) is 20.9. The molecule has 0 amide bonds. The van der Waals surface area contributed by atoms with Crippen LogP contribution in [0.1, 0.15) is 27.0 Å². The first-order chi connectivity index (χ1) is 13.6. The lowest BCUT2D eigenvalue weighted by molar-refractivity contribution is 0.101. The van der Waals surface area contributed by atoms with Gasteiger partial charge in [0.25, 0.3) is 0 Å². The van der Waals surface area contributed by atoms with Crippen LogP contribution >= 0.6 is 0 Å². The fourth-order valence-electron chi connectivity index (χ4n) is 3.08. The Hall–Kier alpha value is -3.53. The molecule has 0 aliphatic carbocycles. The standard InChI is InChI=1S/C24H20O4/c1-16-4-3-5-18(12-16)15-27-20-10-11-21-22(14-20)28-23(24(21)25)13-17-6-8-19(26-2)9-7-17/h3-14H,15H2,1-2H3/b23-13-. The van der Waals surface area contributed by atoms with E-state index in [0.717, 1.165) is 16.9 Å². The van der Waals surface area contributed by atoms with Gasteiger partial charge in [0.15, 0.2) is 5.76 Å². The third-order valence-corrected chi connectivity index (χ3v) is 4.54. The molecule has 0 aromatic heterocycles. The molecule has 0 saturated carbocycles. The Morgan fingerprint density at radius 3 is 2.50 bits per heavy atom. The number of ketones is 1. The molecule has 0 N–H and O–H groups in total. The average molecular weight is 372 g/mol. The molecule has 4 nitrogen and oxygen atoms in total. The van der Waals surface area contributed by atoms with Crippen molar-refractivity contribution < 1.29 is 19.0 Å². The molecule has 140 valence electrons. The number of benzene rings is 3. The van der Waals surface area contributed by atoms with E-state index in [0.29, 0.717) is 29.4 Å². The monoisotopic (exact) mass is 372 g/mol. The van der Waals surface area contributed by atoms with Crippen molar-refractivity contribution in [2.75, 3.05) is 7.11 Å². The van der Waals surface area contributed by atoms with Crippen LogP contribution in [-0.2, 0) is 6.61 Å². The molecule has 0 fully saturated rings. The number of ether oxygens (including phenoxy) is 3. The highest BCUT2D eigenvalue weighted by Crippen LogP contribution is 2.35. The lowest BCUT2D eigenvalue weighted by Crippen LogP contribution is -1.98. The summed E-state index contributed by atoms with van der Waals surface area (Å²) >= 11 is 0. The maximum Gasteiger partial charge on any atom is 0.231 e. The number of Topliss-reactive ketones (excluding diaryl/α,β-unsaturated/α-hetero) is 1. The first-order valence-corrected chi connectivity index (χ1v) is 9.03. The van der Waals surface area contributed by atoms with Crippen molar-refractivity contribution in [3.05, 3.63) is 94.7 Å². The van der Waals surface area contributed by atoms with Crippen LogP contribution in [0.15, 0.2) is 72.5 Å². The van der Waals surface area contributed by atoms with E-state index in [1.807, 2.05) is 36.4 Å². The number of hydrogen-bond donors (Lipinski definition) is 0. The van der Waals surface area contributed by atoms with Gasteiger partial charge in [0.05, 0.1) is 12.7 Å². The van der Waals surface area contributed by atoms with Crippen LogP contribution < -0.4 is 14.2 Å². The molecule has 3 aromatic carbocycles. The quantitative estimate of drug-likeness (QED) is 0.578. The van der Waals surface area contributed by atoms with Crippen molar-refractivity contribution in [2.24, 2.45) is 0 Å². The van der Waals surface area contributed by atoms with Crippen molar-refractivity contribution in [3.8, 4) is 17.2 Å². The minimum absolute atomic E-state index is 0.129. The Labute approximate surface area is 164 Å². The van der Waals surface area contributed by atoms with E-state index in [9.17, 15) is 4.79 Å². The molecule has 4 heteroatoms. The van der Waals surface area contributed by atoms with Crippen LogP contribution in [0, 0.1) is 6.92 Å². The summed E-state index contributed by atoms with van der Waals surface area (Å²) in [7, 11) is 1.62. The van der Waals surface area contributed by atoms with Gasteiger partial charge in [-0.15, -0.1) is 0 Å². The average Bonchev–Trinajstić information content (AvgIpc) is 3.02. The predicted molar refractivity (Wildman–Crippen MR) is 108 cm³/mol. The molecule has 0 spiro atoms. The first kappa shape index (κ1) is 17.9. The second-order valence-electron chi connectivity index (χ2n) is 6.65. The van der Waals surface area contributed by atoms with E-state index in [1.165, 1.54) is 5.56 Å². The summed E-state index contributed by atoms with van der Waals surface area (Å²) in [5.41, 5.74) is 3.70. The Morgan fingerprint density at radius 1 is 0.964 bits per heavy atom. The molecular formula is C24H20O4. The molecular weight excluding hydrogens is 352 g/mol. The van der Waals surface area contributed by atoms with E-state index >= 15 is 0 Å². The molecule has 4 rings (SSSR count). The van der Waals surface area contributed by atoms with Crippen LogP contribution in [-0.4, -0.2) is 12.9 Å². The van der Waals surface area contributed by atoms with E-state index in [1.54, 1.807) is 31.4 Å². The fourth-order valence-corrected chi connectivity index (χ4v) is 3.08. The number of methoxy groups -OCH3 is 1. The summed E-state index contributed by atoms with van der Waals surface area (Å²) in [6.45, 7) is 2.51. The lowest BCUT2D eigenvalue weighted by Gasteiger charge is -2.08. The van der Waals surface area contributed by atoms with Gasteiger partial charge in [0, 0.05) is 6.07 Å². The van der Waals surface area contributed by atoms with Gasteiger partial charge in [-0.2, -0.15) is 0 Å². The molecule has 0 unspecified atom stereocenters. The summed E-state index contributed by atoms with van der Waals surface area (Å²) in [5, 5.41) is 0. The Morgan fingerprint density at radius 2 is 1.75 bits per heavy atom. The highest BCUT2D eigenvalue weighted by molar-refractivity contribution is 6.14. The molecule has 28 heavy (non-hydrogen) atoms. The fraction of sp³-hybridized carbons (Fsp3) is 0.125. The van der Waals surface area contributed by atoms with Crippen LogP contribution in [0.4, 0.5) is 0 Å². The molecule has 3 aromatic rings. The molecule has 0 atom stereocenters. The number of fused-ring (bicyclic) bond motifs is 1. The highest BCUT2D eigenvalue weighted by atomic mass is 16.5. The largest absolute Gasteiger partial charge is 0.497 e. The van der Waals surface area contributed by atoms with Crippen molar-refractivity contribution in [3.63, 3.8) is 0 Å². The van der Waals surface area contributed by atoms with E-state index in [-0.39, 0.29) is 5.78 Å². The second-order valence-corrected chi connectivity index (χ2v) is 6.65. The maximum atomic E-state index is 12.6. The third kappa shape index (κ3) is 3.76. The zero-order valence-corrected chi connectivity index (χ0v) is 15.8. The Balaban J connectivity index is 1.49. The molecule has 1 aliphatic rings. The number of carbonyl (C=O) groups is 1.